The molecule has 0 saturated carbocycles. The van der Waals surface area contributed by atoms with E-state index in [1.807, 2.05) is 13.8 Å². The number of carbonyl (C=O) groups is 6. The molecule has 3 rings (SSSR count). The number of aliphatic carboxylic acids is 1. The fourth-order valence-corrected chi connectivity index (χ4v) is 5.96. The molecule has 12 nitrogen and oxygen atoms in total. The summed E-state index contributed by atoms with van der Waals surface area (Å²) in [6.07, 6.45) is 0.593. The van der Waals surface area contributed by atoms with Gasteiger partial charge in [0.1, 0.15) is 11.9 Å². The van der Waals surface area contributed by atoms with Crippen LogP contribution in [0.25, 0.3) is 11.6 Å². The number of rotatable bonds is 16. The zero-order valence-corrected chi connectivity index (χ0v) is 28.6. The van der Waals surface area contributed by atoms with Crippen LogP contribution in [0.3, 0.4) is 0 Å². The van der Waals surface area contributed by atoms with Crippen molar-refractivity contribution in [3.05, 3.63) is 52.1 Å². The van der Waals surface area contributed by atoms with Gasteiger partial charge in [-0.05, 0) is 69.9 Å². The monoisotopic (exact) mass is 671 g/mol. The van der Waals surface area contributed by atoms with E-state index in [1.54, 1.807) is 20.5 Å². The number of carbonyl (C=O) groups excluding carboxylic acids is 5. The molecule has 0 saturated heterocycles. The lowest BCUT2D eigenvalue weighted by molar-refractivity contribution is -0.138. The number of aromatic amines is 1. The summed E-state index contributed by atoms with van der Waals surface area (Å²) in [5.41, 5.74) is 1.94. The molecule has 0 bridgehead atoms. The van der Waals surface area contributed by atoms with Crippen molar-refractivity contribution in [2.45, 2.75) is 59.9 Å². The van der Waals surface area contributed by atoms with E-state index in [0.29, 0.717) is 35.6 Å². The molecule has 0 radical (unpaired) electrons. The molecule has 0 aliphatic carbocycles. The molecular formula is C33H43FN5O7P. The maximum atomic E-state index is 14.5. The normalized spacial score (nSPS) is 14.9. The maximum Gasteiger partial charge on any atom is 0.303 e. The molecule has 14 heteroatoms. The number of nitrogens with one attached hydrogen (secondary N) is 3. The first-order valence-corrected chi connectivity index (χ1v) is 17.1. The third kappa shape index (κ3) is 8.99. The van der Waals surface area contributed by atoms with E-state index in [1.165, 1.54) is 19.1 Å². The largest absolute Gasteiger partial charge is 0.481 e. The first kappa shape index (κ1) is 37.2. The number of amides is 4. The highest BCUT2D eigenvalue weighted by molar-refractivity contribution is 7.57. The van der Waals surface area contributed by atoms with Crippen LogP contribution in [0.2, 0.25) is 0 Å². The van der Waals surface area contributed by atoms with E-state index in [-0.39, 0.29) is 49.7 Å². The Morgan fingerprint density at radius 1 is 1.15 bits per heavy atom. The summed E-state index contributed by atoms with van der Waals surface area (Å²) in [4.78, 5) is 83.3. The number of aromatic nitrogens is 1. The number of imide groups is 1. The number of halogens is 1. The average Bonchev–Trinajstić information content (AvgIpc) is 3.46. The molecule has 0 spiro atoms. The third-order valence-electron chi connectivity index (χ3n) is 8.22. The minimum absolute atomic E-state index is 0.0139. The number of hydrogen-bond acceptors (Lipinski definition) is 7. The number of carboxylic acid groups (broad SMARTS) is 1. The molecule has 3 atom stereocenters. The second-order valence-corrected chi connectivity index (χ2v) is 12.5. The van der Waals surface area contributed by atoms with Crippen LogP contribution in [0.4, 0.5) is 10.1 Å². The summed E-state index contributed by atoms with van der Waals surface area (Å²) in [6, 6.07) is 2.05. The van der Waals surface area contributed by atoms with E-state index >= 15 is 0 Å². The van der Waals surface area contributed by atoms with E-state index in [0.717, 1.165) is 30.1 Å². The van der Waals surface area contributed by atoms with Crippen LogP contribution in [0.1, 0.15) is 72.9 Å². The molecule has 2 aromatic rings. The van der Waals surface area contributed by atoms with Gasteiger partial charge in [0.05, 0.1) is 16.8 Å². The quantitative estimate of drug-likeness (QED) is 0.155. The highest BCUT2D eigenvalue weighted by Gasteiger charge is 2.41. The standard InChI is InChI=1S/C33H43FN5O7P/c1-7-38(8-2)14-13-35-31(44)29-19(4)25(36-20(29)5)17-23-22-16-21(34)9-11-26(22)39(32(23)45)33(46)24(10-12-27(40)41)37-30(43)18(3)15-28(42)47-6/h9,11,16-18,24,36,47H,7-8,10,12-15H2,1-6H3,(H,35,44)(H,37,43)(H,40,41)/b23-17-/t18?,24-/m0/s1. The minimum Gasteiger partial charge on any atom is -0.481 e. The first-order chi connectivity index (χ1) is 22.2. The van der Waals surface area contributed by atoms with Crippen molar-refractivity contribution >= 4 is 61.0 Å². The fourth-order valence-electron chi connectivity index (χ4n) is 5.45. The Labute approximate surface area is 275 Å². The summed E-state index contributed by atoms with van der Waals surface area (Å²) in [5.74, 6) is -5.29. The number of aryl methyl sites for hydroxylation is 1. The Balaban J connectivity index is 1.96. The van der Waals surface area contributed by atoms with Gasteiger partial charge >= 0.3 is 5.97 Å². The highest BCUT2D eigenvalue weighted by atomic mass is 31.1. The third-order valence-corrected chi connectivity index (χ3v) is 8.98. The number of H-pyrrole nitrogens is 1. The van der Waals surface area contributed by atoms with Gasteiger partial charge < -0.3 is 25.6 Å². The van der Waals surface area contributed by atoms with Gasteiger partial charge in [0, 0.05) is 48.8 Å². The zero-order chi connectivity index (χ0) is 35.0. The molecule has 47 heavy (non-hydrogen) atoms. The van der Waals surface area contributed by atoms with Gasteiger partial charge in [-0.25, -0.2) is 9.29 Å². The Kier molecular flexibility index (Phi) is 13.1. The molecule has 1 aliphatic rings. The van der Waals surface area contributed by atoms with E-state index in [9.17, 15) is 38.3 Å². The van der Waals surface area contributed by atoms with Gasteiger partial charge in [0.25, 0.3) is 17.7 Å². The van der Waals surface area contributed by atoms with Crippen molar-refractivity contribution in [3.8, 4) is 0 Å². The van der Waals surface area contributed by atoms with Crippen molar-refractivity contribution < 1.29 is 38.3 Å². The van der Waals surface area contributed by atoms with Crippen molar-refractivity contribution in [2.24, 2.45) is 5.92 Å². The number of hydrogen-bond donors (Lipinski definition) is 4. The molecule has 4 N–H and O–H groups in total. The lowest BCUT2D eigenvalue weighted by Gasteiger charge is -2.24. The number of carboxylic acids is 1. The van der Waals surface area contributed by atoms with E-state index < -0.39 is 47.9 Å². The van der Waals surface area contributed by atoms with Crippen molar-refractivity contribution in [1.29, 1.82) is 0 Å². The minimum atomic E-state index is -1.41. The van der Waals surface area contributed by atoms with Gasteiger partial charge in [0.15, 0.2) is 5.52 Å². The van der Waals surface area contributed by atoms with Gasteiger partial charge in [-0.15, -0.1) is 0 Å². The smallest absolute Gasteiger partial charge is 0.303 e. The predicted molar refractivity (Wildman–Crippen MR) is 179 cm³/mol. The SMILES string of the molecule is CCN(CC)CCNC(=O)c1c(C)[nH]c(/C=C2\C(=O)N(C(=O)[C@H](CCC(=O)O)NC(=O)C(C)CC(=O)PC)c3ccc(F)cc32)c1C. The lowest BCUT2D eigenvalue weighted by Crippen LogP contribution is -2.51. The Morgan fingerprint density at radius 3 is 2.45 bits per heavy atom. The molecular weight excluding hydrogens is 628 g/mol. The summed E-state index contributed by atoms with van der Waals surface area (Å²) in [7, 11) is -0.0139. The van der Waals surface area contributed by atoms with Crippen LogP contribution in [0, 0.1) is 25.6 Å². The van der Waals surface area contributed by atoms with Crippen LogP contribution in [-0.2, 0) is 24.0 Å². The Morgan fingerprint density at radius 2 is 1.83 bits per heavy atom. The number of benzene rings is 1. The Hall–Kier alpha value is -4.22. The topological polar surface area (TPSA) is 169 Å². The van der Waals surface area contributed by atoms with Crippen LogP contribution in [0.15, 0.2) is 18.2 Å². The van der Waals surface area contributed by atoms with E-state index in [2.05, 4.69) is 20.5 Å². The predicted octanol–water partition coefficient (Wildman–Crippen LogP) is 3.47. The molecule has 4 amide bonds. The van der Waals surface area contributed by atoms with Crippen LogP contribution >= 0.6 is 8.58 Å². The second-order valence-electron chi connectivity index (χ2n) is 11.4. The van der Waals surface area contributed by atoms with Crippen LogP contribution in [0.5, 0.6) is 0 Å². The molecule has 1 aromatic heterocycles. The van der Waals surface area contributed by atoms with Gasteiger partial charge in [-0.3, -0.25) is 28.8 Å². The highest BCUT2D eigenvalue weighted by Crippen LogP contribution is 2.39. The van der Waals surface area contributed by atoms with Crippen LogP contribution < -0.4 is 15.5 Å². The fraction of sp³-hybridized carbons (Fsp3) is 0.455. The summed E-state index contributed by atoms with van der Waals surface area (Å²) >= 11 is 0. The summed E-state index contributed by atoms with van der Waals surface area (Å²) in [5, 5.41) is 14.8. The Bertz CT molecular complexity index is 1580. The maximum absolute atomic E-state index is 14.5. The number of nitrogens with zero attached hydrogens (tertiary/aromatic N) is 2. The molecule has 2 unspecified atom stereocenters. The lowest BCUT2D eigenvalue weighted by atomic mass is 10.0. The van der Waals surface area contributed by atoms with Gasteiger partial charge in [-0.2, -0.15) is 0 Å². The molecule has 2 heterocycles. The summed E-state index contributed by atoms with van der Waals surface area (Å²) in [6.45, 7) is 13.6. The number of likely N-dealkylation sites (N-methyl/N-ethyl adjacent to an activating group) is 1. The average molecular weight is 672 g/mol. The molecule has 1 aromatic carbocycles. The van der Waals surface area contributed by atoms with E-state index in [4.69, 9.17) is 0 Å². The van der Waals surface area contributed by atoms with Crippen molar-refractivity contribution in [3.63, 3.8) is 0 Å². The molecule has 1 aliphatic heterocycles. The second kappa shape index (κ2) is 16.6. The number of anilines is 1. The van der Waals surface area contributed by atoms with Gasteiger partial charge in [0.2, 0.25) is 5.91 Å². The van der Waals surface area contributed by atoms with Crippen LogP contribution in [-0.4, -0.2) is 89.0 Å². The first-order valence-electron chi connectivity index (χ1n) is 15.6. The van der Waals surface area contributed by atoms with Gasteiger partial charge in [-0.1, -0.05) is 29.4 Å². The number of fused-ring (bicyclic) bond motifs is 1. The van der Waals surface area contributed by atoms with Crippen molar-refractivity contribution in [2.75, 3.05) is 37.7 Å². The zero-order valence-electron chi connectivity index (χ0n) is 27.6. The molecule has 254 valence electrons. The van der Waals surface area contributed by atoms with Crippen molar-refractivity contribution in [1.82, 2.24) is 20.5 Å². The molecule has 0 fully saturated rings. The summed E-state index contributed by atoms with van der Waals surface area (Å²) < 4.78 is 14.5.